The fraction of sp³-hybridized carbons (Fsp3) is 0.893. The molecule has 12 atom stereocenters. The SMILES string of the molecule is CC(C1CC2(C)OC2(C)C(O)O1)C1(O)CCC2C3CC=C4CC(OS(=O)(=O)O)CC(=O)C4(C)C3CCC21C. The predicted molar refractivity (Wildman–Crippen MR) is 136 cm³/mol. The molecule has 0 aromatic carbocycles. The maximum atomic E-state index is 13.5. The lowest BCUT2D eigenvalue weighted by Crippen LogP contribution is -2.60. The summed E-state index contributed by atoms with van der Waals surface area (Å²) < 4.78 is 48.5. The van der Waals surface area contributed by atoms with Crippen LogP contribution in [0.4, 0.5) is 0 Å². The number of ketones is 1. The molecule has 0 spiro atoms. The highest BCUT2D eigenvalue weighted by Gasteiger charge is 2.74. The number of hydrogen-bond acceptors (Lipinski definition) is 8. The van der Waals surface area contributed by atoms with Crippen LogP contribution < -0.4 is 0 Å². The van der Waals surface area contributed by atoms with E-state index in [1.54, 1.807) is 0 Å². The summed E-state index contributed by atoms with van der Waals surface area (Å²) in [4.78, 5) is 13.5. The quantitative estimate of drug-likeness (QED) is 0.271. The number of carbonyl (C=O) groups excluding carboxylic acids is 1. The Morgan fingerprint density at radius 3 is 2.45 bits per heavy atom. The van der Waals surface area contributed by atoms with Crippen molar-refractivity contribution in [1.82, 2.24) is 0 Å². The van der Waals surface area contributed by atoms with E-state index in [9.17, 15) is 23.4 Å². The third kappa shape index (κ3) is 3.50. The summed E-state index contributed by atoms with van der Waals surface area (Å²) in [6, 6.07) is 0. The number of fused-ring (bicyclic) bond motifs is 6. The Hall–Kier alpha value is -0.880. The second-order valence-electron chi connectivity index (χ2n) is 13.9. The molecular formula is C28H42O9S. The van der Waals surface area contributed by atoms with E-state index in [0.29, 0.717) is 19.3 Å². The van der Waals surface area contributed by atoms with E-state index < -0.39 is 45.0 Å². The molecule has 214 valence electrons. The van der Waals surface area contributed by atoms with Gasteiger partial charge in [-0.15, -0.1) is 0 Å². The molecule has 0 aromatic heterocycles. The van der Waals surface area contributed by atoms with Crippen molar-refractivity contribution in [1.29, 1.82) is 0 Å². The van der Waals surface area contributed by atoms with E-state index in [-0.39, 0.29) is 47.4 Å². The summed E-state index contributed by atoms with van der Waals surface area (Å²) in [6.45, 7) is 10.1. The summed E-state index contributed by atoms with van der Waals surface area (Å²) >= 11 is 0. The maximum absolute atomic E-state index is 13.5. The van der Waals surface area contributed by atoms with Crippen LogP contribution in [0, 0.1) is 34.5 Å². The Morgan fingerprint density at radius 2 is 1.79 bits per heavy atom. The Labute approximate surface area is 225 Å². The zero-order valence-corrected chi connectivity index (χ0v) is 23.8. The number of aliphatic hydroxyl groups excluding tert-OH is 1. The Kier molecular flexibility index (Phi) is 5.83. The second-order valence-corrected chi connectivity index (χ2v) is 14.9. The lowest BCUT2D eigenvalue weighted by molar-refractivity contribution is -0.231. The van der Waals surface area contributed by atoms with E-state index in [1.807, 2.05) is 27.7 Å². The topological polar surface area (TPSA) is 143 Å². The molecule has 6 rings (SSSR count). The Balaban J connectivity index is 1.25. The molecule has 10 heteroatoms. The van der Waals surface area contributed by atoms with Crippen molar-refractivity contribution >= 4 is 16.2 Å². The first kappa shape index (κ1) is 27.3. The molecule has 3 N–H and O–H groups in total. The van der Waals surface area contributed by atoms with Crippen molar-refractivity contribution in [3.05, 3.63) is 11.6 Å². The van der Waals surface area contributed by atoms with Crippen LogP contribution in [0.15, 0.2) is 11.6 Å². The van der Waals surface area contributed by atoms with Crippen molar-refractivity contribution in [2.45, 2.75) is 121 Å². The van der Waals surface area contributed by atoms with Gasteiger partial charge in [-0.3, -0.25) is 9.35 Å². The number of rotatable bonds is 4. The van der Waals surface area contributed by atoms with Crippen LogP contribution >= 0.6 is 0 Å². The summed E-state index contributed by atoms with van der Waals surface area (Å²) in [5.41, 5.74) is -2.24. The van der Waals surface area contributed by atoms with Crippen LogP contribution in [-0.2, 0) is 28.9 Å². The Morgan fingerprint density at radius 1 is 1.11 bits per heavy atom. The molecular weight excluding hydrogens is 512 g/mol. The van der Waals surface area contributed by atoms with E-state index in [2.05, 4.69) is 13.0 Å². The smallest absolute Gasteiger partial charge is 0.389 e. The minimum atomic E-state index is -4.63. The number of aliphatic hydroxyl groups is 2. The molecule has 0 radical (unpaired) electrons. The monoisotopic (exact) mass is 554 g/mol. The predicted octanol–water partition coefficient (Wildman–Crippen LogP) is 3.34. The number of carbonyl (C=O) groups is 1. The van der Waals surface area contributed by atoms with Crippen LogP contribution in [0.5, 0.6) is 0 Å². The number of Topliss-reactive ketones (excluding diaryl/α,β-unsaturated/α-hetero) is 1. The van der Waals surface area contributed by atoms with Gasteiger partial charge in [0.1, 0.15) is 17.0 Å². The average Bonchev–Trinajstić information content (AvgIpc) is 3.28. The second kappa shape index (κ2) is 8.11. The number of epoxide rings is 1. The van der Waals surface area contributed by atoms with E-state index in [0.717, 1.165) is 31.3 Å². The first-order valence-corrected chi connectivity index (χ1v) is 15.5. The lowest BCUT2D eigenvalue weighted by Gasteiger charge is -2.59. The molecule has 12 unspecified atom stereocenters. The van der Waals surface area contributed by atoms with Gasteiger partial charge in [-0.05, 0) is 82.5 Å². The van der Waals surface area contributed by atoms with Crippen LogP contribution in [0.3, 0.4) is 0 Å². The molecule has 2 aliphatic heterocycles. The van der Waals surface area contributed by atoms with Crippen molar-refractivity contribution in [3.63, 3.8) is 0 Å². The molecule has 0 amide bonds. The maximum Gasteiger partial charge on any atom is 0.397 e. The summed E-state index contributed by atoms with van der Waals surface area (Å²) in [5.74, 6) is 0.347. The van der Waals surface area contributed by atoms with Crippen molar-refractivity contribution in [2.75, 3.05) is 0 Å². The molecule has 6 aliphatic rings. The third-order valence-corrected chi connectivity index (χ3v) is 13.0. The van der Waals surface area contributed by atoms with Gasteiger partial charge in [0.05, 0.1) is 23.2 Å². The fourth-order valence-corrected chi connectivity index (χ4v) is 10.3. The fourth-order valence-electron chi connectivity index (χ4n) is 9.85. The first-order valence-electron chi connectivity index (χ1n) is 14.1. The van der Waals surface area contributed by atoms with Gasteiger partial charge in [0.25, 0.3) is 0 Å². The lowest BCUT2D eigenvalue weighted by atomic mass is 9.46. The van der Waals surface area contributed by atoms with Gasteiger partial charge in [-0.2, -0.15) is 8.42 Å². The minimum Gasteiger partial charge on any atom is -0.389 e. The van der Waals surface area contributed by atoms with Gasteiger partial charge >= 0.3 is 10.4 Å². The zero-order chi connectivity index (χ0) is 27.7. The van der Waals surface area contributed by atoms with Gasteiger partial charge in [-0.25, -0.2) is 4.18 Å². The van der Waals surface area contributed by atoms with Crippen molar-refractivity contribution < 1.29 is 41.6 Å². The first-order chi connectivity index (χ1) is 17.5. The van der Waals surface area contributed by atoms with Crippen LogP contribution in [0.1, 0.15) is 86.0 Å². The van der Waals surface area contributed by atoms with Gasteiger partial charge in [0.15, 0.2) is 6.29 Å². The molecule has 4 aliphatic carbocycles. The van der Waals surface area contributed by atoms with Crippen molar-refractivity contribution in [3.8, 4) is 0 Å². The van der Waals surface area contributed by atoms with Gasteiger partial charge in [0, 0.05) is 18.8 Å². The van der Waals surface area contributed by atoms with E-state index >= 15 is 0 Å². The van der Waals surface area contributed by atoms with Gasteiger partial charge in [-0.1, -0.05) is 25.5 Å². The van der Waals surface area contributed by atoms with Crippen LogP contribution in [0.25, 0.3) is 0 Å². The third-order valence-electron chi connectivity index (χ3n) is 12.5. The summed E-state index contributed by atoms with van der Waals surface area (Å²) in [5, 5.41) is 23.1. The van der Waals surface area contributed by atoms with E-state index in [1.165, 1.54) is 0 Å². The largest absolute Gasteiger partial charge is 0.397 e. The highest BCUT2D eigenvalue weighted by molar-refractivity contribution is 7.80. The molecule has 0 bridgehead atoms. The van der Waals surface area contributed by atoms with E-state index in [4.69, 9.17) is 18.2 Å². The molecule has 3 saturated carbocycles. The highest BCUT2D eigenvalue weighted by atomic mass is 32.3. The number of ether oxygens (including phenoxy) is 2. The number of allylic oxidation sites excluding steroid dienone is 1. The standard InChI is InChI=1S/C28H42O9S/c1-15(21-14-25(3)27(5,37-25)23(30)35-21)28(31)11-9-19-18-7-6-16-12-17(36-38(32,33)34)13-22(29)26(16,4)20(18)8-10-24(19,28)2/h6,15,17-21,23,30-31H,7-14H2,1-5H3,(H,32,33,34). The highest BCUT2D eigenvalue weighted by Crippen LogP contribution is 2.69. The van der Waals surface area contributed by atoms with Crippen molar-refractivity contribution in [2.24, 2.45) is 34.5 Å². The minimum absolute atomic E-state index is 0.0334. The normalized spacial score (nSPS) is 54.7. The van der Waals surface area contributed by atoms with Gasteiger partial charge in [0.2, 0.25) is 0 Å². The number of hydrogen-bond donors (Lipinski definition) is 3. The molecule has 2 saturated heterocycles. The molecule has 38 heavy (non-hydrogen) atoms. The van der Waals surface area contributed by atoms with Crippen LogP contribution in [-0.4, -0.2) is 64.3 Å². The Bertz CT molecular complexity index is 1180. The summed E-state index contributed by atoms with van der Waals surface area (Å²) in [6.07, 6.45) is 4.64. The molecule has 0 aromatic rings. The van der Waals surface area contributed by atoms with Gasteiger partial charge < -0.3 is 19.7 Å². The molecule has 5 fully saturated rings. The van der Waals surface area contributed by atoms with Crippen LogP contribution in [0.2, 0.25) is 0 Å². The average molecular weight is 555 g/mol. The molecule has 9 nitrogen and oxygen atoms in total. The molecule has 2 heterocycles. The zero-order valence-electron chi connectivity index (χ0n) is 23.0. The summed E-state index contributed by atoms with van der Waals surface area (Å²) in [7, 11) is -4.63.